The van der Waals surface area contributed by atoms with Crippen molar-refractivity contribution < 1.29 is 9.53 Å². The molecule has 0 saturated heterocycles. The van der Waals surface area contributed by atoms with E-state index < -0.39 is 0 Å². The molecule has 0 amide bonds. The Morgan fingerprint density at radius 2 is 1.83 bits per heavy atom. The number of aromatic nitrogens is 1. The van der Waals surface area contributed by atoms with Crippen LogP contribution in [0, 0.1) is 0 Å². The molecular formula is C26H30ClNO2. The van der Waals surface area contributed by atoms with Crippen LogP contribution in [0.15, 0.2) is 54.7 Å². The van der Waals surface area contributed by atoms with Gasteiger partial charge in [0.15, 0.2) is 5.78 Å². The van der Waals surface area contributed by atoms with Crippen molar-refractivity contribution >= 4 is 28.3 Å². The van der Waals surface area contributed by atoms with E-state index in [0.717, 1.165) is 22.9 Å². The van der Waals surface area contributed by atoms with E-state index in [1.807, 2.05) is 24.4 Å². The van der Waals surface area contributed by atoms with E-state index in [0.29, 0.717) is 24.6 Å². The lowest BCUT2D eigenvalue weighted by Crippen LogP contribution is -2.29. The molecule has 0 aliphatic heterocycles. The molecule has 0 bridgehead atoms. The molecule has 0 unspecified atom stereocenters. The van der Waals surface area contributed by atoms with Crippen molar-refractivity contribution in [2.45, 2.75) is 56.9 Å². The Kier molecular flexibility index (Phi) is 6.60. The molecule has 158 valence electrons. The molecule has 0 N–H and O–H groups in total. The SMILES string of the molecule is COCCn1cc(C(=O)CCC2(c3ccccc3)CCCCC2)c2c(Cl)cccc21. The first-order chi connectivity index (χ1) is 14.6. The van der Waals surface area contributed by atoms with E-state index in [2.05, 4.69) is 34.9 Å². The first kappa shape index (κ1) is 21.1. The fourth-order valence-electron chi connectivity index (χ4n) is 5.09. The Morgan fingerprint density at radius 3 is 2.57 bits per heavy atom. The highest BCUT2D eigenvalue weighted by Crippen LogP contribution is 2.43. The van der Waals surface area contributed by atoms with Crippen molar-refractivity contribution in [3.63, 3.8) is 0 Å². The molecule has 1 aromatic heterocycles. The van der Waals surface area contributed by atoms with Gasteiger partial charge in [-0.3, -0.25) is 4.79 Å². The van der Waals surface area contributed by atoms with E-state index >= 15 is 0 Å². The van der Waals surface area contributed by atoms with Gasteiger partial charge in [-0.2, -0.15) is 0 Å². The van der Waals surface area contributed by atoms with Crippen molar-refractivity contribution in [3.8, 4) is 0 Å². The largest absolute Gasteiger partial charge is 0.383 e. The zero-order valence-corrected chi connectivity index (χ0v) is 18.5. The molecule has 0 atom stereocenters. The molecule has 3 aromatic rings. The van der Waals surface area contributed by atoms with E-state index in [1.165, 1.54) is 37.7 Å². The van der Waals surface area contributed by atoms with E-state index in [-0.39, 0.29) is 11.2 Å². The number of methoxy groups -OCH3 is 1. The van der Waals surface area contributed by atoms with Gasteiger partial charge in [-0.1, -0.05) is 67.3 Å². The lowest BCUT2D eigenvalue weighted by molar-refractivity contribution is 0.0964. The molecule has 2 aromatic carbocycles. The minimum absolute atomic E-state index is 0.118. The molecule has 0 radical (unpaired) electrons. The summed E-state index contributed by atoms with van der Waals surface area (Å²) in [6, 6.07) is 16.6. The maximum absolute atomic E-state index is 13.4. The number of ether oxygens (including phenoxy) is 1. The summed E-state index contributed by atoms with van der Waals surface area (Å²) in [5, 5.41) is 1.51. The van der Waals surface area contributed by atoms with Gasteiger partial charge in [-0.05, 0) is 42.4 Å². The van der Waals surface area contributed by atoms with E-state index in [1.54, 1.807) is 7.11 Å². The Labute approximate surface area is 184 Å². The summed E-state index contributed by atoms with van der Waals surface area (Å²) in [5.74, 6) is 0.185. The third-order valence-corrected chi connectivity index (χ3v) is 7.03. The monoisotopic (exact) mass is 423 g/mol. The van der Waals surface area contributed by atoms with E-state index in [9.17, 15) is 4.79 Å². The van der Waals surface area contributed by atoms with Gasteiger partial charge in [-0.25, -0.2) is 0 Å². The molecule has 1 aliphatic carbocycles. The zero-order valence-electron chi connectivity index (χ0n) is 17.7. The van der Waals surface area contributed by atoms with Crippen molar-refractivity contribution in [2.24, 2.45) is 0 Å². The first-order valence-corrected chi connectivity index (χ1v) is 11.4. The Hall–Kier alpha value is -2.10. The summed E-state index contributed by atoms with van der Waals surface area (Å²) in [7, 11) is 1.69. The van der Waals surface area contributed by atoms with Gasteiger partial charge in [-0.15, -0.1) is 0 Å². The highest BCUT2D eigenvalue weighted by atomic mass is 35.5. The number of nitrogens with zero attached hydrogens (tertiary/aromatic N) is 1. The molecule has 1 fully saturated rings. The van der Waals surface area contributed by atoms with Crippen LogP contribution >= 0.6 is 11.6 Å². The lowest BCUT2D eigenvalue weighted by Gasteiger charge is -2.38. The topological polar surface area (TPSA) is 31.2 Å². The fraction of sp³-hybridized carbons (Fsp3) is 0.423. The number of Topliss-reactive ketones (excluding diaryl/α,β-unsaturated/α-hetero) is 1. The minimum Gasteiger partial charge on any atom is -0.383 e. The number of ketones is 1. The van der Waals surface area contributed by atoms with Crippen LogP contribution in [-0.4, -0.2) is 24.1 Å². The lowest BCUT2D eigenvalue weighted by atomic mass is 9.66. The van der Waals surface area contributed by atoms with Crippen LogP contribution < -0.4 is 0 Å². The van der Waals surface area contributed by atoms with E-state index in [4.69, 9.17) is 16.3 Å². The van der Waals surface area contributed by atoms with Crippen LogP contribution in [0.5, 0.6) is 0 Å². The first-order valence-electron chi connectivity index (χ1n) is 11.0. The number of carbonyl (C=O) groups excluding carboxylic acids is 1. The van der Waals surface area contributed by atoms with Crippen LogP contribution in [0.3, 0.4) is 0 Å². The van der Waals surface area contributed by atoms with Crippen molar-refractivity contribution in [3.05, 3.63) is 70.9 Å². The summed E-state index contributed by atoms with van der Waals surface area (Å²) < 4.78 is 7.33. The summed E-state index contributed by atoms with van der Waals surface area (Å²) in [6.45, 7) is 1.30. The maximum atomic E-state index is 13.4. The van der Waals surface area contributed by atoms with Gasteiger partial charge in [0.1, 0.15) is 0 Å². The summed E-state index contributed by atoms with van der Waals surface area (Å²) >= 11 is 6.53. The molecule has 1 aliphatic rings. The summed E-state index contributed by atoms with van der Waals surface area (Å²) in [4.78, 5) is 13.4. The highest BCUT2D eigenvalue weighted by Gasteiger charge is 2.34. The van der Waals surface area contributed by atoms with Gasteiger partial charge >= 0.3 is 0 Å². The zero-order chi connectivity index (χ0) is 21.0. The smallest absolute Gasteiger partial charge is 0.165 e. The van der Waals surface area contributed by atoms with Gasteiger partial charge in [0.05, 0.1) is 17.1 Å². The highest BCUT2D eigenvalue weighted by molar-refractivity contribution is 6.37. The molecule has 30 heavy (non-hydrogen) atoms. The van der Waals surface area contributed by atoms with Crippen LogP contribution in [-0.2, 0) is 16.7 Å². The normalized spacial score (nSPS) is 16.1. The maximum Gasteiger partial charge on any atom is 0.165 e. The number of fused-ring (bicyclic) bond motifs is 1. The summed E-state index contributed by atoms with van der Waals surface area (Å²) in [6.07, 6.45) is 9.52. The third kappa shape index (κ3) is 4.19. The van der Waals surface area contributed by atoms with Gasteiger partial charge in [0, 0.05) is 37.2 Å². The minimum atomic E-state index is 0.118. The van der Waals surface area contributed by atoms with Crippen molar-refractivity contribution in [2.75, 3.05) is 13.7 Å². The Morgan fingerprint density at radius 1 is 1.07 bits per heavy atom. The molecule has 4 rings (SSSR count). The Balaban J connectivity index is 1.61. The number of rotatable bonds is 8. The average molecular weight is 424 g/mol. The molecular weight excluding hydrogens is 394 g/mol. The van der Waals surface area contributed by atoms with Crippen LogP contribution in [0.2, 0.25) is 5.02 Å². The molecule has 0 spiro atoms. The number of benzene rings is 2. The van der Waals surface area contributed by atoms with Gasteiger partial charge < -0.3 is 9.30 Å². The number of carbonyl (C=O) groups is 1. The molecule has 1 heterocycles. The molecule has 1 saturated carbocycles. The number of halogens is 1. The Bertz CT molecular complexity index is 1000. The summed E-state index contributed by atoms with van der Waals surface area (Å²) in [5.41, 5.74) is 3.25. The third-order valence-electron chi connectivity index (χ3n) is 6.72. The van der Waals surface area contributed by atoms with Crippen molar-refractivity contribution in [1.29, 1.82) is 0 Å². The average Bonchev–Trinajstić information content (AvgIpc) is 3.17. The van der Waals surface area contributed by atoms with Gasteiger partial charge in [0.25, 0.3) is 0 Å². The van der Waals surface area contributed by atoms with Crippen LogP contribution in [0.1, 0.15) is 60.9 Å². The predicted molar refractivity (Wildman–Crippen MR) is 124 cm³/mol. The predicted octanol–water partition coefficient (Wildman–Crippen LogP) is 6.81. The van der Waals surface area contributed by atoms with Gasteiger partial charge in [0.2, 0.25) is 0 Å². The molecule has 4 heteroatoms. The number of hydrogen-bond donors (Lipinski definition) is 0. The molecule has 3 nitrogen and oxygen atoms in total. The second-order valence-electron chi connectivity index (χ2n) is 8.49. The second kappa shape index (κ2) is 9.36. The quantitative estimate of drug-likeness (QED) is 0.373. The number of hydrogen-bond acceptors (Lipinski definition) is 2. The second-order valence-corrected chi connectivity index (χ2v) is 8.90. The van der Waals surface area contributed by atoms with Crippen LogP contribution in [0.4, 0.5) is 0 Å². The van der Waals surface area contributed by atoms with Crippen molar-refractivity contribution in [1.82, 2.24) is 4.57 Å². The standard InChI is InChI=1S/C26H30ClNO2/c1-30-18-17-28-19-21(25-22(27)11-8-12-23(25)28)24(29)13-16-26(14-6-3-7-15-26)20-9-4-2-5-10-20/h2,4-5,8-12,19H,3,6-7,13-18H2,1H3. The van der Waals surface area contributed by atoms with Crippen LogP contribution in [0.25, 0.3) is 10.9 Å². The fourth-order valence-corrected chi connectivity index (χ4v) is 5.36.